The fourth-order valence-electron chi connectivity index (χ4n) is 3.78. The molecule has 0 spiro atoms. The third-order valence-electron chi connectivity index (χ3n) is 5.13. The summed E-state index contributed by atoms with van der Waals surface area (Å²) in [5.74, 6) is 1.24. The molecule has 1 unspecified atom stereocenters. The lowest BCUT2D eigenvalue weighted by Crippen LogP contribution is -2.45. The van der Waals surface area contributed by atoms with Gasteiger partial charge in [0.05, 0.1) is 6.10 Å². The number of rotatable bonds is 4. The summed E-state index contributed by atoms with van der Waals surface area (Å²) in [7, 11) is 0. The van der Waals surface area contributed by atoms with Gasteiger partial charge in [-0.3, -0.25) is 4.79 Å². The van der Waals surface area contributed by atoms with Crippen LogP contribution in [-0.4, -0.2) is 34.6 Å². The maximum absolute atomic E-state index is 12.3. The second kappa shape index (κ2) is 7.44. The van der Waals surface area contributed by atoms with Crippen molar-refractivity contribution in [3.05, 3.63) is 0 Å². The number of piperidine rings is 1. The Morgan fingerprint density at radius 2 is 1.80 bits per heavy atom. The van der Waals surface area contributed by atoms with E-state index in [1.54, 1.807) is 0 Å². The Bertz CT molecular complexity index is 308. The Balaban J connectivity index is 1.81. The molecule has 3 heteroatoms. The number of hydrogen-bond donors (Lipinski definition) is 1. The third-order valence-corrected chi connectivity index (χ3v) is 5.13. The van der Waals surface area contributed by atoms with Gasteiger partial charge in [-0.1, -0.05) is 13.8 Å². The molecular formula is C17H31NO2. The quantitative estimate of drug-likeness (QED) is 0.858. The molecule has 1 aliphatic heterocycles. The van der Waals surface area contributed by atoms with Crippen LogP contribution in [0.25, 0.3) is 0 Å². The van der Waals surface area contributed by atoms with Gasteiger partial charge in [-0.05, 0) is 63.7 Å². The second-order valence-electron chi connectivity index (χ2n) is 7.09. The SMILES string of the molecule is CC(C)C(=O)N1CCCCC1CCC1CCC(O)CC1. The number of nitrogens with zero attached hydrogens (tertiary/aromatic N) is 1. The molecule has 20 heavy (non-hydrogen) atoms. The lowest BCUT2D eigenvalue weighted by molar-refractivity contribution is -0.138. The highest BCUT2D eigenvalue weighted by Crippen LogP contribution is 2.31. The minimum atomic E-state index is -0.0556. The number of aliphatic hydroxyl groups excluding tert-OH is 1. The molecular weight excluding hydrogens is 250 g/mol. The Morgan fingerprint density at radius 3 is 2.45 bits per heavy atom. The first-order chi connectivity index (χ1) is 9.58. The average molecular weight is 281 g/mol. The number of likely N-dealkylation sites (tertiary alicyclic amines) is 1. The molecule has 116 valence electrons. The van der Waals surface area contributed by atoms with Crippen molar-refractivity contribution in [2.75, 3.05) is 6.54 Å². The molecule has 1 amide bonds. The highest BCUT2D eigenvalue weighted by molar-refractivity contribution is 5.78. The van der Waals surface area contributed by atoms with Gasteiger partial charge in [-0.2, -0.15) is 0 Å². The van der Waals surface area contributed by atoms with Crippen molar-refractivity contribution in [1.29, 1.82) is 0 Å². The van der Waals surface area contributed by atoms with E-state index in [9.17, 15) is 9.90 Å². The molecule has 2 rings (SSSR count). The second-order valence-corrected chi connectivity index (χ2v) is 7.09. The summed E-state index contributed by atoms with van der Waals surface area (Å²) in [6, 6.07) is 0.477. The van der Waals surface area contributed by atoms with Crippen molar-refractivity contribution >= 4 is 5.91 Å². The van der Waals surface area contributed by atoms with Crippen molar-refractivity contribution < 1.29 is 9.90 Å². The predicted molar refractivity (Wildman–Crippen MR) is 81.4 cm³/mol. The fraction of sp³-hybridized carbons (Fsp3) is 0.941. The van der Waals surface area contributed by atoms with Gasteiger partial charge in [0.15, 0.2) is 0 Å². The Morgan fingerprint density at radius 1 is 1.10 bits per heavy atom. The first kappa shape index (κ1) is 15.8. The van der Waals surface area contributed by atoms with Crippen LogP contribution in [0.3, 0.4) is 0 Å². The number of hydrogen-bond acceptors (Lipinski definition) is 2. The maximum Gasteiger partial charge on any atom is 0.225 e. The van der Waals surface area contributed by atoms with Crippen LogP contribution in [0.5, 0.6) is 0 Å². The van der Waals surface area contributed by atoms with Crippen LogP contribution in [0, 0.1) is 11.8 Å². The molecule has 0 bridgehead atoms. The van der Waals surface area contributed by atoms with E-state index >= 15 is 0 Å². The van der Waals surface area contributed by atoms with Gasteiger partial charge in [0.2, 0.25) is 5.91 Å². The number of aliphatic hydroxyl groups is 1. The molecule has 0 aromatic heterocycles. The van der Waals surface area contributed by atoms with E-state index in [1.165, 1.54) is 44.9 Å². The highest BCUT2D eigenvalue weighted by atomic mass is 16.3. The highest BCUT2D eigenvalue weighted by Gasteiger charge is 2.29. The smallest absolute Gasteiger partial charge is 0.225 e. The monoisotopic (exact) mass is 281 g/mol. The van der Waals surface area contributed by atoms with Gasteiger partial charge in [0.25, 0.3) is 0 Å². The maximum atomic E-state index is 12.3. The van der Waals surface area contributed by atoms with Gasteiger partial charge in [-0.25, -0.2) is 0 Å². The van der Waals surface area contributed by atoms with Crippen LogP contribution in [0.2, 0.25) is 0 Å². The molecule has 1 heterocycles. The summed E-state index contributed by atoms with van der Waals surface area (Å²) in [4.78, 5) is 14.5. The van der Waals surface area contributed by atoms with Crippen LogP contribution in [0.15, 0.2) is 0 Å². The van der Waals surface area contributed by atoms with Crippen molar-refractivity contribution in [2.45, 2.75) is 83.8 Å². The summed E-state index contributed by atoms with van der Waals surface area (Å²) < 4.78 is 0. The normalized spacial score (nSPS) is 31.6. The van der Waals surface area contributed by atoms with Crippen molar-refractivity contribution in [3.63, 3.8) is 0 Å². The first-order valence-corrected chi connectivity index (χ1v) is 8.56. The van der Waals surface area contributed by atoms with Gasteiger partial charge in [0.1, 0.15) is 0 Å². The summed E-state index contributed by atoms with van der Waals surface area (Å²) in [5, 5.41) is 9.57. The molecule has 2 fully saturated rings. The minimum absolute atomic E-state index is 0.0556. The Kier molecular flexibility index (Phi) is 5.88. The third kappa shape index (κ3) is 4.21. The number of amides is 1. The zero-order valence-electron chi connectivity index (χ0n) is 13.2. The lowest BCUT2D eigenvalue weighted by Gasteiger charge is -2.38. The molecule has 1 N–H and O–H groups in total. The van der Waals surface area contributed by atoms with E-state index in [0.29, 0.717) is 11.9 Å². The summed E-state index contributed by atoms with van der Waals surface area (Å²) in [6.07, 6.45) is 10.3. The van der Waals surface area contributed by atoms with Gasteiger partial charge < -0.3 is 10.0 Å². The fourth-order valence-corrected chi connectivity index (χ4v) is 3.78. The number of carbonyl (C=O) groups is 1. The lowest BCUT2D eigenvalue weighted by atomic mass is 9.83. The van der Waals surface area contributed by atoms with Crippen LogP contribution >= 0.6 is 0 Å². The van der Waals surface area contributed by atoms with E-state index in [-0.39, 0.29) is 12.0 Å². The van der Waals surface area contributed by atoms with Crippen LogP contribution < -0.4 is 0 Å². The van der Waals surface area contributed by atoms with E-state index in [4.69, 9.17) is 0 Å². The zero-order valence-corrected chi connectivity index (χ0v) is 13.2. The topological polar surface area (TPSA) is 40.5 Å². The summed E-state index contributed by atoms with van der Waals surface area (Å²) >= 11 is 0. The molecule has 2 aliphatic rings. The van der Waals surface area contributed by atoms with Gasteiger partial charge in [-0.15, -0.1) is 0 Å². The average Bonchev–Trinajstić information content (AvgIpc) is 2.46. The van der Waals surface area contributed by atoms with E-state index < -0.39 is 0 Å². The Hall–Kier alpha value is -0.570. The van der Waals surface area contributed by atoms with E-state index in [1.807, 2.05) is 13.8 Å². The first-order valence-electron chi connectivity index (χ1n) is 8.56. The van der Waals surface area contributed by atoms with Gasteiger partial charge >= 0.3 is 0 Å². The van der Waals surface area contributed by atoms with Crippen molar-refractivity contribution in [2.24, 2.45) is 11.8 Å². The predicted octanol–water partition coefficient (Wildman–Crippen LogP) is 3.35. The molecule has 1 aliphatic carbocycles. The molecule has 0 aromatic carbocycles. The molecule has 0 aromatic rings. The number of carbonyl (C=O) groups excluding carboxylic acids is 1. The molecule has 0 radical (unpaired) electrons. The van der Waals surface area contributed by atoms with E-state index in [2.05, 4.69) is 4.90 Å². The van der Waals surface area contributed by atoms with Crippen LogP contribution in [0.4, 0.5) is 0 Å². The molecule has 1 saturated carbocycles. The van der Waals surface area contributed by atoms with E-state index in [0.717, 1.165) is 25.3 Å². The molecule has 1 atom stereocenters. The Labute approximate surface area is 123 Å². The van der Waals surface area contributed by atoms with Crippen LogP contribution in [-0.2, 0) is 4.79 Å². The minimum Gasteiger partial charge on any atom is -0.393 e. The standard InChI is InChI=1S/C17H31NO2/c1-13(2)17(20)18-12-4-3-5-15(18)9-6-14-7-10-16(19)11-8-14/h13-16,19H,3-12H2,1-2H3. The van der Waals surface area contributed by atoms with Crippen molar-refractivity contribution in [1.82, 2.24) is 4.90 Å². The van der Waals surface area contributed by atoms with Gasteiger partial charge in [0, 0.05) is 18.5 Å². The van der Waals surface area contributed by atoms with Crippen molar-refractivity contribution in [3.8, 4) is 0 Å². The summed E-state index contributed by atoms with van der Waals surface area (Å²) in [6.45, 7) is 4.98. The molecule has 3 nitrogen and oxygen atoms in total. The largest absolute Gasteiger partial charge is 0.393 e. The summed E-state index contributed by atoms with van der Waals surface area (Å²) in [5.41, 5.74) is 0. The zero-order chi connectivity index (χ0) is 14.5. The molecule has 1 saturated heterocycles. The van der Waals surface area contributed by atoms with Crippen LogP contribution in [0.1, 0.15) is 71.6 Å².